The maximum atomic E-state index is 13.0. The molecule has 18 heavy (non-hydrogen) atoms. The second kappa shape index (κ2) is 6.53. The standard InChI is InChI=1S/C15H23ClFN/c1-11(7-8-18-15(2,3)4)9-12-5-6-14(17)13(16)10-12/h5-6,10-11,18H,7-9H2,1-4H3. The zero-order valence-corrected chi connectivity index (χ0v) is 12.4. The quantitative estimate of drug-likeness (QED) is 0.835. The highest BCUT2D eigenvalue weighted by Crippen LogP contribution is 2.19. The van der Waals surface area contributed by atoms with E-state index in [-0.39, 0.29) is 16.4 Å². The van der Waals surface area contributed by atoms with E-state index in [2.05, 4.69) is 33.0 Å². The predicted octanol–water partition coefficient (Wildman–Crippen LogP) is 4.44. The van der Waals surface area contributed by atoms with Gasteiger partial charge in [0.05, 0.1) is 5.02 Å². The van der Waals surface area contributed by atoms with Crippen LogP contribution >= 0.6 is 11.6 Å². The molecule has 0 saturated carbocycles. The van der Waals surface area contributed by atoms with Crippen molar-refractivity contribution in [3.8, 4) is 0 Å². The van der Waals surface area contributed by atoms with Gasteiger partial charge in [0.2, 0.25) is 0 Å². The van der Waals surface area contributed by atoms with Crippen LogP contribution in [0.3, 0.4) is 0 Å². The van der Waals surface area contributed by atoms with Crippen LogP contribution < -0.4 is 5.32 Å². The van der Waals surface area contributed by atoms with Gasteiger partial charge >= 0.3 is 0 Å². The van der Waals surface area contributed by atoms with Gasteiger partial charge in [0.15, 0.2) is 0 Å². The molecule has 0 amide bonds. The monoisotopic (exact) mass is 271 g/mol. The van der Waals surface area contributed by atoms with Crippen molar-refractivity contribution in [3.05, 3.63) is 34.6 Å². The molecule has 102 valence electrons. The molecule has 0 aliphatic heterocycles. The number of hydrogen-bond donors (Lipinski definition) is 1. The minimum atomic E-state index is -0.345. The van der Waals surface area contributed by atoms with Crippen molar-refractivity contribution in [1.29, 1.82) is 0 Å². The fraction of sp³-hybridized carbons (Fsp3) is 0.600. The SMILES string of the molecule is CC(CCNC(C)(C)C)Cc1ccc(F)c(Cl)c1. The van der Waals surface area contributed by atoms with E-state index < -0.39 is 0 Å². The molecular weight excluding hydrogens is 249 g/mol. The predicted molar refractivity (Wildman–Crippen MR) is 76.7 cm³/mol. The van der Waals surface area contributed by atoms with Gasteiger partial charge in [-0.2, -0.15) is 0 Å². The summed E-state index contributed by atoms with van der Waals surface area (Å²) in [7, 11) is 0. The molecule has 0 aliphatic carbocycles. The van der Waals surface area contributed by atoms with Crippen LogP contribution in [0.25, 0.3) is 0 Å². The Balaban J connectivity index is 2.40. The van der Waals surface area contributed by atoms with Crippen LogP contribution in [0.5, 0.6) is 0 Å². The smallest absolute Gasteiger partial charge is 0.141 e. The Labute approximate surface area is 115 Å². The van der Waals surface area contributed by atoms with E-state index in [1.165, 1.54) is 6.07 Å². The summed E-state index contributed by atoms with van der Waals surface area (Å²) >= 11 is 5.77. The summed E-state index contributed by atoms with van der Waals surface area (Å²) in [6, 6.07) is 4.98. The second-order valence-corrected chi connectivity index (χ2v) is 6.43. The number of rotatable bonds is 5. The van der Waals surface area contributed by atoms with Crippen molar-refractivity contribution in [1.82, 2.24) is 5.32 Å². The first-order valence-corrected chi connectivity index (χ1v) is 6.84. The minimum Gasteiger partial charge on any atom is -0.312 e. The minimum absolute atomic E-state index is 0.166. The lowest BCUT2D eigenvalue weighted by Crippen LogP contribution is -2.37. The lowest BCUT2D eigenvalue weighted by atomic mass is 9.97. The second-order valence-electron chi connectivity index (χ2n) is 6.02. The van der Waals surface area contributed by atoms with Crippen molar-refractivity contribution in [2.75, 3.05) is 6.54 Å². The first-order chi connectivity index (χ1) is 8.28. The molecule has 0 radical (unpaired) electrons. The van der Waals surface area contributed by atoms with Gasteiger partial charge in [0.25, 0.3) is 0 Å². The molecule has 1 rings (SSSR count). The van der Waals surface area contributed by atoms with Crippen molar-refractivity contribution >= 4 is 11.6 Å². The van der Waals surface area contributed by atoms with E-state index in [4.69, 9.17) is 11.6 Å². The molecule has 1 nitrogen and oxygen atoms in total. The Morgan fingerprint density at radius 3 is 2.56 bits per heavy atom. The van der Waals surface area contributed by atoms with Gasteiger partial charge in [0, 0.05) is 5.54 Å². The summed E-state index contributed by atoms with van der Waals surface area (Å²) in [6.07, 6.45) is 2.04. The average molecular weight is 272 g/mol. The third kappa shape index (κ3) is 5.83. The summed E-state index contributed by atoms with van der Waals surface area (Å²) in [6.45, 7) is 9.70. The van der Waals surface area contributed by atoms with Crippen LogP contribution in [0.15, 0.2) is 18.2 Å². The molecule has 0 bridgehead atoms. The molecule has 1 N–H and O–H groups in total. The molecule has 0 saturated heterocycles. The summed E-state index contributed by atoms with van der Waals surface area (Å²) in [5.74, 6) is 0.212. The lowest BCUT2D eigenvalue weighted by molar-refractivity contribution is 0.394. The van der Waals surface area contributed by atoms with Gasteiger partial charge in [-0.05, 0) is 63.8 Å². The van der Waals surface area contributed by atoms with Gasteiger partial charge in [-0.3, -0.25) is 0 Å². The van der Waals surface area contributed by atoms with Crippen LogP contribution in [0.4, 0.5) is 4.39 Å². The number of benzene rings is 1. The molecule has 0 aliphatic rings. The molecule has 1 atom stereocenters. The topological polar surface area (TPSA) is 12.0 Å². The average Bonchev–Trinajstić information content (AvgIpc) is 2.21. The fourth-order valence-corrected chi connectivity index (χ4v) is 2.07. The van der Waals surface area contributed by atoms with Gasteiger partial charge in [-0.15, -0.1) is 0 Å². The van der Waals surface area contributed by atoms with E-state index in [9.17, 15) is 4.39 Å². The van der Waals surface area contributed by atoms with Gasteiger partial charge in [0.1, 0.15) is 5.82 Å². The summed E-state index contributed by atoms with van der Waals surface area (Å²) in [4.78, 5) is 0. The Hall–Kier alpha value is -0.600. The molecular formula is C15H23ClFN. The van der Waals surface area contributed by atoms with Crippen molar-refractivity contribution in [3.63, 3.8) is 0 Å². The maximum absolute atomic E-state index is 13.0. The Morgan fingerprint density at radius 2 is 2.00 bits per heavy atom. The Bertz CT molecular complexity index is 385. The molecule has 1 aromatic rings. The first kappa shape index (κ1) is 15.5. The van der Waals surface area contributed by atoms with Crippen LogP contribution in [-0.2, 0) is 6.42 Å². The summed E-state index contributed by atoms with van der Waals surface area (Å²) in [5.41, 5.74) is 1.27. The molecule has 3 heteroatoms. The Morgan fingerprint density at radius 1 is 1.33 bits per heavy atom. The highest BCUT2D eigenvalue weighted by atomic mass is 35.5. The fourth-order valence-electron chi connectivity index (χ4n) is 1.86. The molecule has 0 fully saturated rings. The lowest BCUT2D eigenvalue weighted by Gasteiger charge is -2.22. The van der Waals surface area contributed by atoms with E-state index in [1.54, 1.807) is 6.07 Å². The summed E-state index contributed by atoms with van der Waals surface area (Å²) in [5, 5.41) is 3.69. The third-order valence-electron chi connectivity index (χ3n) is 2.86. The van der Waals surface area contributed by atoms with Crippen LogP contribution in [0.1, 0.15) is 39.7 Å². The molecule has 0 aromatic heterocycles. The molecule has 1 aromatic carbocycles. The highest BCUT2D eigenvalue weighted by molar-refractivity contribution is 6.30. The summed E-state index contributed by atoms with van der Waals surface area (Å²) < 4.78 is 13.0. The first-order valence-electron chi connectivity index (χ1n) is 6.47. The van der Waals surface area contributed by atoms with Crippen LogP contribution in [-0.4, -0.2) is 12.1 Å². The van der Waals surface area contributed by atoms with Crippen LogP contribution in [0, 0.1) is 11.7 Å². The number of halogens is 2. The molecule has 0 spiro atoms. The number of hydrogen-bond acceptors (Lipinski definition) is 1. The van der Waals surface area contributed by atoms with E-state index >= 15 is 0 Å². The van der Waals surface area contributed by atoms with Crippen molar-refractivity contribution in [2.24, 2.45) is 5.92 Å². The zero-order valence-electron chi connectivity index (χ0n) is 11.7. The van der Waals surface area contributed by atoms with Gasteiger partial charge < -0.3 is 5.32 Å². The van der Waals surface area contributed by atoms with E-state index in [0.717, 1.165) is 24.9 Å². The maximum Gasteiger partial charge on any atom is 0.141 e. The largest absolute Gasteiger partial charge is 0.312 e. The van der Waals surface area contributed by atoms with Crippen molar-refractivity contribution < 1.29 is 4.39 Å². The Kier molecular flexibility index (Phi) is 5.61. The normalized spacial score (nSPS) is 13.7. The molecule has 0 heterocycles. The highest BCUT2D eigenvalue weighted by Gasteiger charge is 2.10. The molecule has 1 unspecified atom stereocenters. The third-order valence-corrected chi connectivity index (χ3v) is 3.15. The van der Waals surface area contributed by atoms with Crippen molar-refractivity contribution in [2.45, 2.75) is 46.1 Å². The van der Waals surface area contributed by atoms with E-state index in [0.29, 0.717) is 5.92 Å². The zero-order chi connectivity index (χ0) is 13.8. The van der Waals surface area contributed by atoms with Gasteiger partial charge in [-0.25, -0.2) is 4.39 Å². The van der Waals surface area contributed by atoms with Crippen LogP contribution in [0.2, 0.25) is 5.02 Å². The number of nitrogens with one attached hydrogen (secondary N) is 1. The van der Waals surface area contributed by atoms with Gasteiger partial charge in [-0.1, -0.05) is 24.6 Å². The van der Waals surface area contributed by atoms with E-state index in [1.807, 2.05) is 6.07 Å².